The average Bonchev–Trinajstić information content (AvgIpc) is 2.15. The van der Waals surface area contributed by atoms with E-state index in [2.05, 4.69) is 20.9 Å². The second-order valence-electron chi connectivity index (χ2n) is 2.36. The van der Waals surface area contributed by atoms with Crippen molar-refractivity contribution in [3.05, 3.63) is 28.2 Å². The lowest BCUT2D eigenvalue weighted by Crippen LogP contribution is -1.90. The van der Waals surface area contributed by atoms with Gasteiger partial charge in [0.2, 0.25) is 6.08 Å². The van der Waals surface area contributed by atoms with E-state index in [0.29, 0.717) is 6.54 Å². The minimum Gasteiger partial charge on any atom is -0.496 e. The van der Waals surface area contributed by atoms with Crippen LogP contribution >= 0.6 is 15.9 Å². The summed E-state index contributed by atoms with van der Waals surface area (Å²) < 4.78 is 6.02. The van der Waals surface area contributed by atoms with Crippen molar-refractivity contribution in [1.29, 1.82) is 0 Å². The number of carbonyl (C=O) groups excluding carboxylic acids is 1. The number of methoxy groups -OCH3 is 1. The number of ether oxygens (including phenoxy) is 1. The topological polar surface area (TPSA) is 38.7 Å². The highest BCUT2D eigenvalue weighted by atomic mass is 79.9. The van der Waals surface area contributed by atoms with Gasteiger partial charge in [-0.3, -0.25) is 0 Å². The van der Waals surface area contributed by atoms with E-state index in [1.165, 1.54) is 6.08 Å². The summed E-state index contributed by atoms with van der Waals surface area (Å²) in [6.07, 6.45) is 1.49. The van der Waals surface area contributed by atoms with Crippen LogP contribution in [-0.4, -0.2) is 13.2 Å². The van der Waals surface area contributed by atoms with Crippen LogP contribution in [0.5, 0.6) is 5.75 Å². The maximum Gasteiger partial charge on any atom is 0.235 e. The first-order valence-corrected chi connectivity index (χ1v) is 4.43. The molecule has 3 nitrogen and oxygen atoms in total. The lowest BCUT2D eigenvalue weighted by molar-refractivity contribution is 0.409. The lowest BCUT2D eigenvalue weighted by Gasteiger charge is -2.05. The second-order valence-corrected chi connectivity index (χ2v) is 3.28. The Morgan fingerprint density at radius 1 is 1.62 bits per heavy atom. The normalized spacial score (nSPS) is 9.08. The number of aliphatic imine (C=N–C) groups is 1. The summed E-state index contributed by atoms with van der Waals surface area (Å²) in [5.74, 6) is 0.724. The van der Waals surface area contributed by atoms with Crippen LogP contribution in [0.1, 0.15) is 5.56 Å². The fourth-order valence-corrected chi connectivity index (χ4v) is 1.40. The van der Waals surface area contributed by atoms with Crippen LogP contribution in [0.2, 0.25) is 0 Å². The highest BCUT2D eigenvalue weighted by molar-refractivity contribution is 9.10. The molecule has 13 heavy (non-hydrogen) atoms. The standard InChI is InChI=1S/C9H8BrNO2/c1-13-9-3-2-8(10)4-7(9)5-11-6-12/h2-4H,5H2,1H3. The van der Waals surface area contributed by atoms with Gasteiger partial charge < -0.3 is 4.74 Å². The van der Waals surface area contributed by atoms with Gasteiger partial charge in [0.1, 0.15) is 5.75 Å². The zero-order valence-corrected chi connectivity index (χ0v) is 8.67. The van der Waals surface area contributed by atoms with Crippen molar-refractivity contribution in [2.75, 3.05) is 7.11 Å². The number of isocyanates is 1. The zero-order valence-electron chi connectivity index (χ0n) is 7.08. The summed E-state index contributed by atoms with van der Waals surface area (Å²) in [5, 5.41) is 0. The quantitative estimate of drug-likeness (QED) is 0.602. The van der Waals surface area contributed by atoms with Crippen molar-refractivity contribution in [1.82, 2.24) is 0 Å². The zero-order chi connectivity index (χ0) is 9.68. The predicted molar refractivity (Wildman–Crippen MR) is 52.5 cm³/mol. The maximum atomic E-state index is 9.92. The minimum absolute atomic E-state index is 0.298. The second kappa shape index (κ2) is 4.80. The van der Waals surface area contributed by atoms with Crippen LogP contribution in [0.15, 0.2) is 27.7 Å². The van der Waals surface area contributed by atoms with E-state index in [9.17, 15) is 4.79 Å². The summed E-state index contributed by atoms with van der Waals surface area (Å²) >= 11 is 3.32. The van der Waals surface area contributed by atoms with Gasteiger partial charge in [0.25, 0.3) is 0 Å². The van der Waals surface area contributed by atoms with Crippen molar-refractivity contribution in [2.45, 2.75) is 6.54 Å². The number of benzene rings is 1. The van der Waals surface area contributed by atoms with Gasteiger partial charge >= 0.3 is 0 Å². The molecule has 68 valence electrons. The third kappa shape index (κ3) is 2.68. The molecular weight excluding hydrogens is 234 g/mol. The molecule has 0 spiro atoms. The molecule has 0 fully saturated rings. The van der Waals surface area contributed by atoms with Gasteiger partial charge in [-0.15, -0.1) is 0 Å². The van der Waals surface area contributed by atoms with Crippen LogP contribution in [0, 0.1) is 0 Å². The third-order valence-corrected chi connectivity index (χ3v) is 2.05. The fraction of sp³-hybridized carbons (Fsp3) is 0.222. The van der Waals surface area contributed by atoms with Crippen molar-refractivity contribution < 1.29 is 9.53 Å². The summed E-state index contributed by atoms with van der Waals surface area (Å²) in [7, 11) is 1.58. The Kier molecular flexibility index (Phi) is 3.68. The minimum atomic E-state index is 0.298. The summed E-state index contributed by atoms with van der Waals surface area (Å²) in [5.41, 5.74) is 0.861. The monoisotopic (exact) mass is 241 g/mol. The molecule has 0 aliphatic rings. The molecule has 0 bridgehead atoms. The van der Waals surface area contributed by atoms with Crippen molar-refractivity contribution in [3.63, 3.8) is 0 Å². The van der Waals surface area contributed by atoms with E-state index < -0.39 is 0 Å². The van der Waals surface area contributed by atoms with E-state index in [0.717, 1.165) is 15.8 Å². The van der Waals surface area contributed by atoms with Gasteiger partial charge in [0.05, 0.1) is 13.7 Å². The van der Waals surface area contributed by atoms with Gasteiger partial charge in [0, 0.05) is 10.0 Å². The molecule has 0 heterocycles. The molecule has 0 aliphatic heterocycles. The maximum absolute atomic E-state index is 9.92. The van der Waals surface area contributed by atoms with E-state index in [-0.39, 0.29) is 0 Å². The molecule has 1 rings (SSSR count). The Morgan fingerprint density at radius 2 is 2.38 bits per heavy atom. The molecule has 0 aromatic heterocycles. The van der Waals surface area contributed by atoms with Crippen LogP contribution < -0.4 is 4.74 Å². The molecular formula is C9H8BrNO2. The van der Waals surface area contributed by atoms with E-state index in [1.54, 1.807) is 7.11 Å². The Balaban J connectivity index is 3.00. The smallest absolute Gasteiger partial charge is 0.235 e. The van der Waals surface area contributed by atoms with Gasteiger partial charge in [-0.2, -0.15) is 0 Å². The first-order chi connectivity index (χ1) is 6.27. The largest absolute Gasteiger partial charge is 0.496 e. The SMILES string of the molecule is COc1ccc(Br)cc1CN=C=O. The summed E-state index contributed by atoms with van der Waals surface area (Å²) in [4.78, 5) is 13.4. The van der Waals surface area contributed by atoms with Crippen molar-refractivity contribution in [2.24, 2.45) is 4.99 Å². The number of hydrogen-bond acceptors (Lipinski definition) is 3. The Hall–Kier alpha value is -1.12. The molecule has 0 N–H and O–H groups in total. The van der Waals surface area contributed by atoms with E-state index in [4.69, 9.17) is 4.74 Å². The molecule has 0 amide bonds. The Labute approximate surface area is 84.6 Å². The van der Waals surface area contributed by atoms with E-state index in [1.807, 2.05) is 18.2 Å². The molecule has 0 radical (unpaired) electrons. The molecule has 0 atom stereocenters. The van der Waals surface area contributed by atoms with Gasteiger partial charge in [0.15, 0.2) is 0 Å². The first-order valence-electron chi connectivity index (χ1n) is 3.64. The van der Waals surface area contributed by atoms with Gasteiger partial charge in [-0.05, 0) is 18.2 Å². The molecule has 0 unspecified atom stereocenters. The van der Waals surface area contributed by atoms with Crippen LogP contribution in [-0.2, 0) is 11.3 Å². The van der Waals surface area contributed by atoms with Gasteiger partial charge in [-0.1, -0.05) is 15.9 Å². The number of halogens is 1. The molecule has 1 aromatic carbocycles. The first kappa shape index (κ1) is 9.96. The molecule has 0 saturated heterocycles. The molecule has 1 aromatic rings. The Bertz CT molecular complexity index is 345. The molecule has 0 aliphatic carbocycles. The number of hydrogen-bond donors (Lipinski definition) is 0. The highest BCUT2D eigenvalue weighted by Gasteiger charge is 2.01. The average molecular weight is 242 g/mol. The van der Waals surface area contributed by atoms with Crippen molar-refractivity contribution in [3.8, 4) is 5.75 Å². The van der Waals surface area contributed by atoms with Crippen LogP contribution in [0.4, 0.5) is 0 Å². The number of nitrogens with zero attached hydrogens (tertiary/aromatic N) is 1. The Morgan fingerprint density at radius 3 is 3.00 bits per heavy atom. The molecule has 4 heteroatoms. The molecule has 0 saturated carbocycles. The van der Waals surface area contributed by atoms with E-state index >= 15 is 0 Å². The number of rotatable bonds is 3. The van der Waals surface area contributed by atoms with Crippen LogP contribution in [0.25, 0.3) is 0 Å². The van der Waals surface area contributed by atoms with Gasteiger partial charge in [-0.25, -0.2) is 9.79 Å². The third-order valence-electron chi connectivity index (χ3n) is 1.56. The summed E-state index contributed by atoms with van der Waals surface area (Å²) in [6.45, 7) is 0.298. The fourth-order valence-electron chi connectivity index (χ4n) is 0.988. The predicted octanol–water partition coefficient (Wildman–Crippen LogP) is 2.29. The van der Waals surface area contributed by atoms with Crippen molar-refractivity contribution >= 4 is 22.0 Å². The highest BCUT2D eigenvalue weighted by Crippen LogP contribution is 2.23. The summed E-state index contributed by atoms with van der Waals surface area (Å²) in [6, 6.07) is 5.55. The van der Waals surface area contributed by atoms with Crippen LogP contribution in [0.3, 0.4) is 0 Å². The lowest BCUT2D eigenvalue weighted by atomic mass is 10.2.